The van der Waals surface area contributed by atoms with Gasteiger partial charge in [-0.15, -0.1) is 0 Å². The minimum absolute atomic E-state index is 0.0161. The Morgan fingerprint density at radius 2 is 1.96 bits per heavy atom. The normalized spacial score (nSPS) is 15.0. The van der Waals surface area contributed by atoms with E-state index < -0.39 is 4.92 Å². The number of likely N-dealkylation sites (N-methyl/N-ethyl adjacent to an activating group) is 1. The summed E-state index contributed by atoms with van der Waals surface area (Å²) in [7, 11) is 2.06. The molecule has 0 atom stereocenters. The Bertz CT molecular complexity index is 910. The molecule has 0 aromatic heterocycles. The Kier molecular flexibility index (Phi) is 6.37. The van der Waals surface area contributed by atoms with Crippen LogP contribution >= 0.6 is 15.9 Å². The monoisotopic (exact) mass is 445 g/mol. The summed E-state index contributed by atoms with van der Waals surface area (Å²) < 4.78 is 0.792. The molecule has 2 aromatic rings. The maximum absolute atomic E-state index is 12.2. The Morgan fingerprint density at radius 3 is 2.64 bits per heavy atom. The third kappa shape index (κ3) is 4.93. The molecule has 1 amide bonds. The molecule has 1 N–H and O–H groups in total. The van der Waals surface area contributed by atoms with Gasteiger partial charge in [0.1, 0.15) is 0 Å². The van der Waals surface area contributed by atoms with E-state index >= 15 is 0 Å². The van der Waals surface area contributed by atoms with Crippen molar-refractivity contribution in [1.29, 1.82) is 0 Å². The van der Waals surface area contributed by atoms with Crippen LogP contribution in [0.5, 0.6) is 0 Å². The first-order valence-corrected chi connectivity index (χ1v) is 9.54. The van der Waals surface area contributed by atoms with Crippen molar-refractivity contribution < 1.29 is 9.72 Å². The van der Waals surface area contributed by atoms with Crippen molar-refractivity contribution in [1.82, 2.24) is 10.3 Å². The number of hydrogen-bond acceptors (Lipinski definition) is 6. The van der Waals surface area contributed by atoms with E-state index in [0.29, 0.717) is 11.1 Å². The number of carbonyl (C=O) groups excluding carboxylic acids is 1. The van der Waals surface area contributed by atoms with E-state index in [0.717, 1.165) is 36.3 Å². The van der Waals surface area contributed by atoms with Crippen molar-refractivity contribution in [3.8, 4) is 0 Å². The SMILES string of the molecule is CN1CCN(c2ccc([N+](=O)[O-])cc2/C=N\NC(=O)c2cccc(Br)c2)CC1. The molecule has 1 heterocycles. The predicted molar refractivity (Wildman–Crippen MR) is 112 cm³/mol. The highest BCUT2D eigenvalue weighted by molar-refractivity contribution is 9.10. The van der Waals surface area contributed by atoms with Crippen LogP contribution in [0.1, 0.15) is 15.9 Å². The molecule has 0 spiro atoms. The summed E-state index contributed by atoms with van der Waals surface area (Å²) in [6.45, 7) is 3.46. The molecule has 0 unspecified atom stereocenters. The third-order valence-electron chi connectivity index (χ3n) is 4.52. The van der Waals surface area contributed by atoms with Crippen LogP contribution in [0.25, 0.3) is 0 Å². The quantitative estimate of drug-likeness (QED) is 0.433. The summed E-state index contributed by atoms with van der Waals surface area (Å²) >= 11 is 3.32. The second kappa shape index (κ2) is 8.94. The molecule has 1 aliphatic rings. The number of nitro groups is 1. The first-order chi connectivity index (χ1) is 13.4. The van der Waals surface area contributed by atoms with E-state index in [1.807, 2.05) is 6.07 Å². The van der Waals surface area contributed by atoms with Gasteiger partial charge in [0.2, 0.25) is 0 Å². The Labute approximate surface area is 171 Å². The van der Waals surface area contributed by atoms with Gasteiger partial charge in [0.05, 0.1) is 11.1 Å². The highest BCUT2D eigenvalue weighted by Gasteiger charge is 2.18. The fraction of sp³-hybridized carbons (Fsp3) is 0.263. The van der Waals surface area contributed by atoms with Crippen LogP contribution in [0, 0.1) is 10.1 Å². The average molecular weight is 446 g/mol. The molecule has 2 aromatic carbocycles. The smallest absolute Gasteiger partial charge is 0.271 e. The van der Waals surface area contributed by atoms with Gasteiger partial charge in [0.25, 0.3) is 11.6 Å². The number of piperazine rings is 1. The Morgan fingerprint density at radius 1 is 1.21 bits per heavy atom. The number of benzene rings is 2. The number of amides is 1. The van der Waals surface area contributed by atoms with E-state index in [9.17, 15) is 14.9 Å². The van der Waals surface area contributed by atoms with E-state index in [1.165, 1.54) is 18.3 Å². The van der Waals surface area contributed by atoms with Gasteiger partial charge in [-0.05, 0) is 31.3 Å². The van der Waals surface area contributed by atoms with Gasteiger partial charge < -0.3 is 9.80 Å². The number of hydrazone groups is 1. The summed E-state index contributed by atoms with van der Waals surface area (Å²) in [6, 6.07) is 11.7. The summed E-state index contributed by atoms with van der Waals surface area (Å²) in [5, 5.41) is 15.2. The van der Waals surface area contributed by atoms with Crippen LogP contribution in [0.15, 0.2) is 52.0 Å². The van der Waals surface area contributed by atoms with Crippen LogP contribution in [-0.2, 0) is 0 Å². The van der Waals surface area contributed by atoms with Crippen molar-refractivity contribution in [2.75, 3.05) is 38.1 Å². The predicted octanol–water partition coefficient (Wildman–Crippen LogP) is 2.87. The molecule has 3 rings (SSSR count). The summed E-state index contributed by atoms with van der Waals surface area (Å²) in [6.07, 6.45) is 1.45. The van der Waals surface area contributed by atoms with Crippen molar-refractivity contribution in [2.24, 2.45) is 5.10 Å². The molecular formula is C19H20BrN5O3. The zero-order valence-electron chi connectivity index (χ0n) is 15.3. The lowest BCUT2D eigenvalue weighted by atomic mass is 10.1. The number of hydrogen-bond donors (Lipinski definition) is 1. The highest BCUT2D eigenvalue weighted by Crippen LogP contribution is 2.25. The minimum Gasteiger partial charge on any atom is -0.368 e. The highest BCUT2D eigenvalue weighted by atomic mass is 79.9. The molecule has 0 aliphatic carbocycles. The Balaban J connectivity index is 1.80. The van der Waals surface area contributed by atoms with Crippen LogP contribution in [0.3, 0.4) is 0 Å². The van der Waals surface area contributed by atoms with Crippen molar-refractivity contribution in [2.45, 2.75) is 0 Å². The molecule has 146 valence electrons. The first kappa shape index (κ1) is 20.0. The van der Waals surface area contributed by atoms with Gasteiger partial charge in [-0.25, -0.2) is 5.43 Å². The molecule has 1 aliphatic heterocycles. The number of anilines is 1. The van der Waals surface area contributed by atoms with Gasteiger partial charge in [0, 0.05) is 59.6 Å². The lowest BCUT2D eigenvalue weighted by Crippen LogP contribution is -2.44. The van der Waals surface area contributed by atoms with Crippen LogP contribution < -0.4 is 10.3 Å². The van der Waals surface area contributed by atoms with Gasteiger partial charge in [-0.2, -0.15) is 5.10 Å². The molecule has 0 saturated carbocycles. The third-order valence-corrected chi connectivity index (χ3v) is 5.02. The van der Waals surface area contributed by atoms with E-state index in [1.54, 1.807) is 24.3 Å². The lowest BCUT2D eigenvalue weighted by molar-refractivity contribution is -0.384. The lowest BCUT2D eigenvalue weighted by Gasteiger charge is -2.34. The van der Waals surface area contributed by atoms with Crippen LogP contribution in [-0.4, -0.2) is 55.2 Å². The molecule has 1 fully saturated rings. The largest absolute Gasteiger partial charge is 0.368 e. The second-order valence-electron chi connectivity index (χ2n) is 6.50. The fourth-order valence-corrected chi connectivity index (χ4v) is 3.35. The number of nitrogens with zero attached hydrogens (tertiary/aromatic N) is 4. The molecule has 0 bridgehead atoms. The average Bonchev–Trinajstić information content (AvgIpc) is 2.68. The maximum atomic E-state index is 12.2. The number of carbonyl (C=O) groups is 1. The first-order valence-electron chi connectivity index (χ1n) is 8.75. The van der Waals surface area contributed by atoms with Crippen molar-refractivity contribution in [3.05, 3.63) is 68.2 Å². The maximum Gasteiger partial charge on any atom is 0.271 e. The number of rotatable bonds is 5. The van der Waals surface area contributed by atoms with Crippen molar-refractivity contribution >= 4 is 39.4 Å². The second-order valence-corrected chi connectivity index (χ2v) is 7.42. The molecule has 1 saturated heterocycles. The number of nitrogens with one attached hydrogen (secondary N) is 1. The van der Waals surface area contributed by atoms with Gasteiger partial charge >= 0.3 is 0 Å². The summed E-state index contributed by atoms with van der Waals surface area (Å²) in [4.78, 5) is 27.3. The molecule has 8 nitrogen and oxygen atoms in total. The number of halogens is 1. The van der Waals surface area contributed by atoms with Crippen LogP contribution in [0.4, 0.5) is 11.4 Å². The van der Waals surface area contributed by atoms with Gasteiger partial charge in [-0.1, -0.05) is 22.0 Å². The van der Waals surface area contributed by atoms with E-state index in [4.69, 9.17) is 0 Å². The van der Waals surface area contributed by atoms with Crippen LogP contribution in [0.2, 0.25) is 0 Å². The van der Waals surface area contributed by atoms with Gasteiger partial charge in [-0.3, -0.25) is 14.9 Å². The minimum atomic E-state index is -0.439. The molecule has 28 heavy (non-hydrogen) atoms. The number of non-ortho nitro benzene ring substituents is 1. The molecule has 9 heteroatoms. The fourth-order valence-electron chi connectivity index (χ4n) is 2.95. The Hall–Kier alpha value is -2.78. The van der Waals surface area contributed by atoms with E-state index in [-0.39, 0.29) is 11.6 Å². The molecular weight excluding hydrogens is 426 g/mol. The van der Waals surface area contributed by atoms with E-state index in [2.05, 4.69) is 43.3 Å². The topological polar surface area (TPSA) is 91.1 Å². The number of nitro benzene ring substituents is 1. The standard InChI is InChI=1S/C19H20BrN5O3/c1-23-7-9-24(10-8-23)18-6-5-17(25(27)28)12-15(18)13-21-22-19(26)14-3-2-4-16(20)11-14/h2-6,11-13H,7-10H2,1H3,(H,22,26)/b21-13-. The van der Waals surface area contributed by atoms with Crippen molar-refractivity contribution in [3.63, 3.8) is 0 Å². The zero-order valence-corrected chi connectivity index (χ0v) is 16.9. The van der Waals surface area contributed by atoms with Gasteiger partial charge in [0.15, 0.2) is 0 Å². The summed E-state index contributed by atoms with van der Waals surface area (Å²) in [5.41, 5.74) is 4.37. The summed E-state index contributed by atoms with van der Waals surface area (Å²) in [5.74, 6) is -0.357. The zero-order chi connectivity index (χ0) is 20.1. The molecule has 0 radical (unpaired) electrons.